The summed E-state index contributed by atoms with van der Waals surface area (Å²) >= 11 is 0. The van der Waals surface area contributed by atoms with Gasteiger partial charge in [-0.05, 0) is 19.1 Å². The molecule has 1 fully saturated rings. The molecule has 0 spiro atoms. The van der Waals surface area contributed by atoms with Gasteiger partial charge in [0.1, 0.15) is 17.3 Å². The highest BCUT2D eigenvalue weighted by Crippen LogP contribution is 2.18. The van der Waals surface area contributed by atoms with Crippen LogP contribution in [0.15, 0.2) is 30.3 Å². The lowest BCUT2D eigenvalue weighted by Gasteiger charge is -2.28. The van der Waals surface area contributed by atoms with Crippen LogP contribution in [0.4, 0.5) is 11.8 Å². The third-order valence-corrected chi connectivity index (χ3v) is 4.32. The average molecular weight is 401 g/mol. The molecular weight excluding hydrogens is 374 g/mol. The Hall–Kier alpha value is -3.07. The minimum absolute atomic E-state index is 0.0602. The van der Waals surface area contributed by atoms with Crippen molar-refractivity contribution in [2.24, 2.45) is 0 Å². The summed E-state index contributed by atoms with van der Waals surface area (Å²) < 4.78 is 16.0. The number of rotatable bonds is 9. The lowest BCUT2D eigenvalue weighted by molar-refractivity contribution is -0.123. The predicted octanol–water partition coefficient (Wildman–Crippen LogP) is 1.24. The number of hydrogen-bond donors (Lipinski definition) is 2. The van der Waals surface area contributed by atoms with Crippen LogP contribution < -0.4 is 25.0 Å². The highest BCUT2D eigenvalue weighted by atomic mass is 16.5. The Morgan fingerprint density at radius 2 is 1.97 bits per heavy atom. The van der Waals surface area contributed by atoms with Crippen molar-refractivity contribution in [2.45, 2.75) is 6.92 Å². The summed E-state index contributed by atoms with van der Waals surface area (Å²) in [6.07, 6.45) is 0. The zero-order valence-corrected chi connectivity index (χ0v) is 16.8. The molecule has 0 atom stereocenters. The number of aryl methyl sites for hydroxylation is 1. The fourth-order valence-electron chi connectivity index (χ4n) is 2.85. The largest absolute Gasteiger partial charge is 0.497 e. The van der Waals surface area contributed by atoms with Gasteiger partial charge in [0, 0.05) is 44.0 Å². The number of aromatic nitrogens is 2. The summed E-state index contributed by atoms with van der Waals surface area (Å²) in [6, 6.07) is 9.10. The Bertz CT molecular complexity index is 811. The van der Waals surface area contributed by atoms with E-state index in [0.29, 0.717) is 43.8 Å². The minimum Gasteiger partial charge on any atom is -0.497 e. The van der Waals surface area contributed by atoms with Crippen LogP contribution in [0.2, 0.25) is 0 Å². The first-order valence-corrected chi connectivity index (χ1v) is 9.60. The number of hydrogen-bond acceptors (Lipinski definition) is 8. The standard InChI is InChI=1S/C20H27N5O4/c1-15-12-18(25-8-10-28-11-9-25)24-20(23-15)22-7-6-21-19(26)14-29-17-5-3-4-16(13-17)27-2/h3-5,12-13H,6-11,14H2,1-2H3,(H,21,26)(H,22,23,24). The number of morpholine rings is 1. The Labute approximate surface area is 170 Å². The molecule has 0 unspecified atom stereocenters. The fraction of sp³-hybridized carbons (Fsp3) is 0.450. The number of anilines is 2. The lowest BCUT2D eigenvalue weighted by atomic mass is 10.3. The molecular formula is C20H27N5O4. The molecule has 0 saturated carbocycles. The van der Waals surface area contributed by atoms with Crippen LogP contribution in [0.5, 0.6) is 11.5 Å². The van der Waals surface area contributed by atoms with E-state index in [9.17, 15) is 4.79 Å². The summed E-state index contributed by atoms with van der Waals surface area (Å²) in [5, 5.41) is 5.96. The third kappa shape index (κ3) is 6.49. The third-order valence-electron chi connectivity index (χ3n) is 4.32. The number of methoxy groups -OCH3 is 1. The second-order valence-electron chi connectivity index (χ2n) is 6.53. The summed E-state index contributed by atoms with van der Waals surface area (Å²) in [5.74, 6) is 2.50. The summed E-state index contributed by atoms with van der Waals surface area (Å²) in [4.78, 5) is 23.1. The van der Waals surface area contributed by atoms with Crippen LogP contribution >= 0.6 is 0 Å². The van der Waals surface area contributed by atoms with Crippen LogP contribution in [0, 0.1) is 6.92 Å². The van der Waals surface area contributed by atoms with E-state index in [1.54, 1.807) is 19.2 Å². The number of amides is 1. The molecule has 9 heteroatoms. The number of carbonyl (C=O) groups excluding carboxylic acids is 1. The van der Waals surface area contributed by atoms with E-state index in [1.807, 2.05) is 25.1 Å². The fourth-order valence-corrected chi connectivity index (χ4v) is 2.85. The summed E-state index contributed by atoms with van der Waals surface area (Å²) in [7, 11) is 1.58. The number of ether oxygens (including phenoxy) is 3. The molecule has 0 bridgehead atoms. The van der Waals surface area contributed by atoms with Crippen LogP contribution in [-0.2, 0) is 9.53 Å². The van der Waals surface area contributed by atoms with Gasteiger partial charge < -0.3 is 29.7 Å². The number of nitrogens with one attached hydrogen (secondary N) is 2. The first-order chi connectivity index (χ1) is 14.1. The van der Waals surface area contributed by atoms with Crippen molar-refractivity contribution in [1.29, 1.82) is 0 Å². The highest BCUT2D eigenvalue weighted by molar-refractivity contribution is 5.77. The quantitative estimate of drug-likeness (QED) is 0.606. The summed E-state index contributed by atoms with van der Waals surface area (Å²) in [6.45, 7) is 5.87. The van der Waals surface area contributed by atoms with Crippen molar-refractivity contribution in [3.63, 3.8) is 0 Å². The van der Waals surface area contributed by atoms with E-state index in [1.165, 1.54) is 0 Å². The lowest BCUT2D eigenvalue weighted by Crippen LogP contribution is -2.37. The maximum atomic E-state index is 12.0. The maximum Gasteiger partial charge on any atom is 0.258 e. The van der Waals surface area contributed by atoms with Gasteiger partial charge in [-0.3, -0.25) is 4.79 Å². The number of carbonyl (C=O) groups is 1. The molecule has 0 aliphatic carbocycles. The topological polar surface area (TPSA) is 97.8 Å². The molecule has 2 heterocycles. The molecule has 3 rings (SSSR count). The van der Waals surface area contributed by atoms with Crippen molar-refractivity contribution < 1.29 is 19.0 Å². The van der Waals surface area contributed by atoms with Crippen molar-refractivity contribution in [2.75, 3.05) is 63.3 Å². The summed E-state index contributed by atoms with van der Waals surface area (Å²) in [5.41, 5.74) is 0.889. The second-order valence-corrected chi connectivity index (χ2v) is 6.53. The minimum atomic E-state index is -0.200. The molecule has 1 aliphatic rings. The van der Waals surface area contributed by atoms with Crippen molar-refractivity contribution >= 4 is 17.7 Å². The monoisotopic (exact) mass is 401 g/mol. The normalized spacial score (nSPS) is 13.7. The van der Waals surface area contributed by atoms with Gasteiger partial charge in [-0.1, -0.05) is 6.07 Å². The van der Waals surface area contributed by atoms with Gasteiger partial charge in [0.15, 0.2) is 6.61 Å². The van der Waals surface area contributed by atoms with Gasteiger partial charge in [-0.2, -0.15) is 4.98 Å². The second kappa shape index (κ2) is 10.5. The van der Waals surface area contributed by atoms with Gasteiger partial charge in [-0.15, -0.1) is 0 Å². The maximum absolute atomic E-state index is 12.0. The Morgan fingerprint density at radius 3 is 2.76 bits per heavy atom. The smallest absolute Gasteiger partial charge is 0.258 e. The van der Waals surface area contributed by atoms with E-state index in [2.05, 4.69) is 25.5 Å². The highest BCUT2D eigenvalue weighted by Gasteiger charge is 2.14. The van der Waals surface area contributed by atoms with Crippen molar-refractivity contribution in [1.82, 2.24) is 15.3 Å². The zero-order valence-electron chi connectivity index (χ0n) is 16.8. The molecule has 0 radical (unpaired) electrons. The van der Waals surface area contributed by atoms with E-state index >= 15 is 0 Å². The van der Waals surface area contributed by atoms with Gasteiger partial charge in [-0.25, -0.2) is 4.98 Å². The SMILES string of the molecule is COc1cccc(OCC(=O)NCCNc2nc(C)cc(N3CCOCC3)n2)c1. The Morgan fingerprint density at radius 1 is 1.17 bits per heavy atom. The molecule has 2 aromatic rings. The van der Waals surface area contributed by atoms with Gasteiger partial charge in [0.05, 0.1) is 20.3 Å². The molecule has 1 aromatic heterocycles. The van der Waals surface area contributed by atoms with E-state index < -0.39 is 0 Å². The van der Waals surface area contributed by atoms with Crippen molar-refractivity contribution in [3.8, 4) is 11.5 Å². The number of nitrogens with zero attached hydrogens (tertiary/aromatic N) is 3. The first kappa shape index (κ1) is 20.7. The number of benzene rings is 1. The van der Waals surface area contributed by atoms with Gasteiger partial charge in [0.2, 0.25) is 5.95 Å². The Balaban J connectivity index is 1.40. The first-order valence-electron chi connectivity index (χ1n) is 9.60. The molecule has 1 saturated heterocycles. The van der Waals surface area contributed by atoms with E-state index in [0.717, 1.165) is 24.6 Å². The molecule has 1 amide bonds. The average Bonchev–Trinajstić information content (AvgIpc) is 2.75. The van der Waals surface area contributed by atoms with Crippen LogP contribution in [-0.4, -0.2) is 69.0 Å². The molecule has 9 nitrogen and oxygen atoms in total. The molecule has 1 aromatic carbocycles. The van der Waals surface area contributed by atoms with Gasteiger partial charge in [0.25, 0.3) is 5.91 Å². The zero-order chi connectivity index (χ0) is 20.5. The predicted molar refractivity (Wildman–Crippen MR) is 110 cm³/mol. The van der Waals surface area contributed by atoms with Crippen LogP contribution in [0.25, 0.3) is 0 Å². The molecule has 2 N–H and O–H groups in total. The van der Waals surface area contributed by atoms with Gasteiger partial charge >= 0.3 is 0 Å². The molecule has 29 heavy (non-hydrogen) atoms. The Kier molecular flexibility index (Phi) is 7.46. The van der Waals surface area contributed by atoms with Crippen LogP contribution in [0.1, 0.15) is 5.69 Å². The van der Waals surface area contributed by atoms with Crippen molar-refractivity contribution in [3.05, 3.63) is 36.0 Å². The van der Waals surface area contributed by atoms with E-state index in [-0.39, 0.29) is 12.5 Å². The molecule has 1 aliphatic heterocycles. The van der Waals surface area contributed by atoms with E-state index in [4.69, 9.17) is 14.2 Å². The molecule has 156 valence electrons. The van der Waals surface area contributed by atoms with Crippen LogP contribution in [0.3, 0.4) is 0 Å².